The highest BCUT2D eigenvalue weighted by molar-refractivity contribution is 5.96. The van der Waals surface area contributed by atoms with E-state index in [4.69, 9.17) is 10.7 Å². The summed E-state index contributed by atoms with van der Waals surface area (Å²) in [7, 11) is 1.81. The Hall–Kier alpha value is -3.95. The summed E-state index contributed by atoms with van der Waals surface area (Å²) < 4.78 is 1.65. The molecule has 4 N–H and O–H groups in total. The number of carbonyl (C=O) groups excluding carboxylic acids is 2. The minimum atomic E-state index is -0.653. The number of carbonyl (C=O) groups is 2. The van der Waals surface area contributed by atoms with Gasteiger partial charge in [0.2, 0.25) is 0 Å². The first-order valence-electron chi connectivity index (χ1n) is 12.6. The van der Waals surface area contributed by atoms with E-state index in [9.17, 15) is 9.59 Å². The zero-order valence-corrected chi connectivity index (χ0v) is 20.2. The fourth-order valence-corrected chi connectivity index (χ4v) is 5.65. The van der Waals surface area contributed by atoms with Crippen LogP contribution in [0.2, 0.25) is 0 Å². The van der Waals surface area contributed by atoms with Crippen molar-refractivity contribution in [2.24, 2.45) is 12.8 Å². The van der Waals surface area contributed by atoms with Crippen LogP contribution >= 0.6 is 0 Å². The van der Waals surface area contributed by atoms with E-state index in [-0.39, 0.29) is 23.7 Å². The number of hydrogen-bond donors (Lipinski definition) is 3. The summed E-state index contributed by atoms with van der Waals surface area (Å²) in [4.78, 5) is 36.5. The van der Waals surface area contributed by atoms with Crippen LogP contribution in [0.3, 0.4) is 0 Å². The zero-order valence-electron chi connectivity index (χ0n) is 20.2. The third kappa shape index (κ3) is 4.27. The van der Waals surface area contributed by atoms with Crippen molar-refractivity contribution in [1.29, 1.82) is 0 Å². The van der Waals surface area contributed by atoms with Crippen molar-refractivity contribution in [2.75, 3.05) is 10.2 Å². The van der Waals surface area contributed by atoms with Gasteiger partial charge in [0.1, 0.15) is 5.82 Å². The molecule has 1 saturated carbocycles. The summed E-state index contributed by atoms with van der Waals surface area (Å²) in [6, 6.07) is 8.47. The molecule has 2 amide bonds. The Morgan fingerprint density at radius 2 is 1.81 bits per heavy atom. The summed E-state index contributed by atoms with van der Waals surface area (Å²) in [6.07, 6.45) is 11.4. The maximum absolute atomic E-state index is 13.1. The number of nitrogens with one attached hydrogen (secondary N) is 2. The fraction of sp³-hybridized carbons (Fsp3) is 0.423. The van der Waals surface area contributed by atoms with Crippen LogP contribution in [-0.4, -0.2) is 49.7 Å². The Bertz CT molecular complexity index is 1300. The predicted octanol–water partition coefficient (Wildman–Crippen LogP) is 2.86. The number of fused-ring (bicyclic) bond motifs is 2. The molecule has 0 unspecified atom stereocenters. The standard InChI is InChI=1S/C26H30N8O2/c1-33-14-18(12-29-33)30-25-23(24(27)35)28-13-22(32-25)34-19-8-10-20(21(34)11-9-19)31-26(36)17-6-4-16(5-7-17)15-2-3-15/h4-7,12-15,19-21H,2-3,8-11H2,1H3,(H2,27,35)(H,30,32)(H,31,36)/t19-,20-,21-/m0/s1. The lowest BCUT2D eigenvalue weighted by Crippen LogP contribution is -2.55. The van der Waals surface area contributed by atoms with Crippen molar-refractivity contribution in [3.63, 3.8) is 0 Å². The van der Waals surface area contributed by atoms with Gasteiger partial charge in [-0.05, 0) is 62.1 Å². The molecule has 10 heteroatoms. The molecule has 6 rings (SSSR count). The number of amides is 2. The third-order valence-corrected chi connectivity index (χ3v) is 7.59. The van der Waals surface area contributed by atoms with Crippen LogP contribution < -0.4 is 21.3 Å². The zero-order chi connectivity index (χ0) is 24.8. The number of benzene rings is 1. The largest absolute Gasteiger partial charge is 0.364 e. The quantitative estimate of drug-likeness (QED) is 0.468. The second kappa shape index (κ2) is 8.92. The van der Waals surface area contributed by atoms with E-state index in [1.165, 1.54) is 18.4 Å². The molecule has 1 aliphatic carbocycles. The van der Waals surface area contributed by atoms with Gasteiger partial charge in [-0.1, -0.05) is 12.1 Å². The van der Waals surface area contributed by atoms with Gasteiger partial charge in [-0.3, -0.25) is 14.3 Å². The number of aromatic nitrogens is 4. The number of piperidine rings is 1. The van der Waals surface area contributed by atoms with Crippen LogP contribution in [-0.2, 0) is 7.05 Å². The molecular weight excluding hydrogens is 456 g/mol. The first-order valence-corrected chi connectivity index (χ1v) is 12.6. The summed E-state index contributed by atoms with van der Waals surface area (Å²) in [5, 5.41) is 10.6. The number of nitrogens with zero attached hydrogens (tertiary/aromatic N) is 5. The molecule has 3 atom stereocenters. The second-order valence-electron chi connectivity index (χ2n) is 10.1. The van der Waals surface area contributed by atoms with Crippen molar-refractivity contribution in [3.8, 4) is 0 Å². The Labute approximate surface area is 209 Å². The Morgan fingerprint density at radius 3 is 2.50 bits per heavy atom. The SMILES string of the molecule is Cn1cc(Nc2nc(N3[C@H]4CC[C@H](NC(=O)c5ccc(C6CC6)cc5)[C@@H]3CC4)cnc2C(N)=O)cn1. The van der Waals surface area contributed by atoms with Gasteiger partial charge >= 0.3 is 0 Å². The van der Waals surface area contributed by atoms with Crippen molar-refractivity contribution in [1.82, 2.24) is 25.1 Å². The predicted molar refractivity (Wildman–Crippen MR) is 135 cm³/mol. The van der Waals surface area contributed by atoms with Crippen molar-refractivity contribution in [3.05, 3.63) is 59.7 Å². The summed E-state index contributed by atoms with van der Waals surface area (Å²) in [5.41, 5.74) is 8.34. The number of hydrogen-bond acceptors (Lipinski definition) is 7. The lowest BCUT2D eigenvalue weighted by molar-refractivity contribution is 0.0923. The van der Waals surface area contributed by atoms with Crippen LogP contribution in [0.1, 0.15) is 70.9 Å². The van der Waals surface area contributed by atoms with Gasteiger partial charge in [-0.2, -0.15) is 5.10 Å². The van der Waals surface area contributed by atoms with Gasteiger partial charge in [-0.25, -0.2) is 9.97 Å². The summed E-state index contributed by atoms with van der Waals surface area (Å²) >= 11 is 0. The summed E-state index contributed by atoms with van der Waals surface area (Å²) in [6.45, 7) is 0. The topological polar surface area (TPSA) is 131 Å². The van der Waals surface area contributed by atoms with E-state index in [2.05, 4.69) is 37.7 Å². The number of primary amides is 1. The normalized spacial score (nSPS) is 22.9. The number of rotatable bonds is 7. The Balaban J connectivity index is 1.22. The van der Waals surface area contributed by atoms with Gasteiger partial charge in [0, 0.05) is 30.9 Å². The summed E-state index contributed by atoms with van der Waals surface area (Å²) in [5.74, 6) is 0.951. The Kier molecular flexibility index (Phi) is 5.58. The smallest absolute Gasteiger partial charge is 0.271 e. The molecule has 186 valence electrons. The van der Waals surface area contributed by atoms with E-state index < -0.39 is 5.91 Å². The van der Waals surface area contributed by atoms with Gasteiger partial charge < -0.3 is 21.3 Å². The van der Waals surface area contributed by atoms with Gasteiger partial charge in [-0.15, -0.1) is 0 Å². The molecule has 2 bridgehead atoms. The fourth-order valence-electron chi connectivity index (χ4n) is 5.65. The lowest BCUT2D eigenvalue weighted by atomic mass is 9.96. The minimum absolute atomic E-state index is 0.00621. The van der Waals surface area contributed by atoms with E-state index in [0.717, 1.165) is 25.7 Å². The second-order valence-corrected chi connectivity index (χ2v) is 10.1. The van der Waals surface area contributed by atoms with Crippen molar-refractivity contribution in [2.45, 2.75) is 62.6 Å². The van der Waals surface area contributed by atoms with Crippen LogP contribution in [0.15, 0.2) is 42.9 Å². The van der Waals surface area contributed by atoms with Crippen LogP contribution in [0.5, 0.6) is 0 Å². The number of nitrogens with two attached hydrogens (primary N) is 1. The molecule has 36 heavy (non-hydrogen) atoms. The number of anilines is 3. The van der Waals surface area contributed by atoms with E-state index >= 15 is 0 Å². The molecular formula is C26H30N8O2. The highest BCUT2D eigenvalue weighted by Crippen LogP contribution is 2.41. The molecule has 2 aliphatic heterocycles. The third-order valence-electron chi connectivity index (χ3n) is 7.59. The van der Waals surface area contributed by atoms with Gasteiger partial charge in [0.05, 0.1) is 24.1 Å². The van der Waals surface area contributed by atoms with Crippen LogP contribution in [0.4, 0.5) is 17.3 Å². The average molecular weight is 487 g/mol. The highest BCUT2D eigenvalue weighted by atomic mass is 16.2. The van der Waals surface area contributed by atoms with Gasteiger partial charge in [0.25, 0.3) is 11.8 Å². The molecule has 4 heterocycles. The van der Waals surface area contributed by atoms with E-state index in [1.807, 2.05) is 19.2 Å². The van der Waals surface area contributed by atoms with Crippen LogP contribution in [0, 0.1) is 0 Å². The minimum Gasteiger partial charge on any atom is -0.364 e. The van der Waals surface area contributed by atoms with E-state index in [1.54, 1.807) is 23.3 Å². The Morgan fingerprint density at radius 1 is 1.03 bits per heavy atom. The monoisotopic (exact) mass is 486 g/mol. The first kappa shape index (κ1) is 22.5. The number of aryl methyl sites for hydroxylation is 1. The molecule has 2 saturated heterocycles. The molecule has 1 aromatic carbocycles. The van der Waals surface area contributed by atoms with Gasteiger partial charge in [0.15, 0.2) is 11.5 Å². The van der Waals surface area contributed by atoms with Crippen molar-refractivity contribution < 1.29 is 9.59 Å². The lowest BCUT2D eigenvalue weighted by Gasteiger charge is -2.41. The molecule has 0 spiro atoms. The van der Waals surface area contributed by atoms with Crippen molar-refractivity contribution >= 4 is 29.1 Å². The first-order chi connectivity index (χ1) is 17.5. The average Bonchev–Trinajstić information content (AvgIpc) is 3.57. The molecule has 10 nitrogen and oxygen atoms in total. The maximum Gasteiger partial charge on any atom is 0.271 e. The maximum atomic E-state index is 13.1. The molecule has 3 aromatic rings. The van der Waals surface area contributed by atoms with Crippen LogP contribution in [0.25, 0.3) is 0 Å². The highest BCUT2D eigenvalue weighted by Gasteiger charge is 2.44. The molecule has 3 fully saturated rings. The van der Waals surface area contributed by atoms with E-state index in [0.29, 0.717) is 34.8 Å². The molecule has 0 radical (unpaired) electrons. The molecule has 2 aromatic heterocycles. The molecule has 3 aliphatic rings.